The van der Waals surface area contributed by atoms with Crippen LogP contribution in [-0.2, 0) is 18.4 Å². The summed E-state index contributed by atoms with van der Waals surface area (Å²) in [4.78, 5) is 13.9. The molecule has 0 atom stereocenters. The molecule has 0 saturated heterocycles. The summed E-state index contributed by atoms with van der Waals surface area (Å²) in [6.45, 7) is 2.40. The van der Waals surface area contributed by atoms with Gasteiger partial charge in [0, 0.05) is 26.2 Å². The molecule has 2 aromatic rings. The molecule has 0 bridgehead atoms. The van der Waals surface area contributed by atoms with Crippen LogP contribution in [0, 0.1) is 6.92 Å². The van der Waals surface area contributed by atoms with Gasteiger partial charge in [0.05, 0.1) is 12.9 Å². The average Bonchev–Trinajstić information content (AvgIpc) is 2.84. The molecule has 0 saturated carbocycles. The number of nitrogens with zero attached hydrogens (tertiary/aromatic N) is 4. The van der Waals surface area contributed by atoms with E-state index in [1.165, 1.54) is 11.8 Å². The first kappa shape index (κ1) is 16.4. The van der Waals surface area contributed by atoms with Gasteiger partial charge < -0.3 is 14.2 Å². The molecule has 6 nitrogen and oxygen atoms in total. The molecule has 7 heteroatoms. The van der Waals surface area contributed by atoms with Gasteiger partial charge in [-0.15, -0.1) is 10.2 Å². The predicted octanol–water partition coefficient (Wildman–Crippen LogP) is 1.88. The van der Waals surface area contributed by atoms with Crippen LogP contribution in [0.3, 0.4) is 0 Å². The number of methoxy groups -OCH3 is 1. The lowest BCUT2D eigenvalue weighted by Gasteiger charge is -2.18. The molecule has 0 fully saturated rings. The molecule has 0 radical (unpaired) electrons. The van der Waals surface area contributed by atoms with E-state index in [9.17, 15) is 4.79 Å². The molecule has 0 aliphatic heterocycles. The van der Waals surface area contributed by atoms with Crippen LogP contribution in [0.1, 0.15) is 11.4 Å². The van der Waals surface area contributed by atoms with Crippen LogP contribution in [0.5, 0.6) is 5.75 Å². The molecule has 22 heavy (non-hydrogen) atoms. The van der Waals surface area contributed by atoms with Crippen LogP contribution in [0.2, 0.25) is 0 Å². The summed E-state index contributed by atoms with van der Waals surface area (Å²) in [6.07, 6.45) is 0. The van der Waals surface area contributed by atoms with Gasteiger partial charge >= 0.3 is 0 Å². The SMILES string of the molecule is COc1ccccc1CN(C)C(=O)CSc1nnc(C)n1C. The van der Waals surface area contributed by atoms with Gasteiger partial charge in [-0.3, -0.25) is 4.79 Å². The van der Waals surface area contributed by atoms with Crippen molar-refractivity contribution in [2.75, 3.05) is 19.9 Å². The van der Waals surface area contributed by atoms with Crippen LogP contribution in [0.25, 0.3) is 0 Å². The summed E-state index contributed by atoms with van der Waals surface area (Å²) in [5.41, 5.74) is 0.986. The second kappa shape index (κ2) is 7.31. The van der Waals surface area contributed by atoms with Crippen molar-refractivity contribution >= 4 is 17.7 Å². The van der Waals surface area contributed by atoms with Crippen molar-refractivity contribution in [3.63, 3.8) is 0 Å². The number of hydrogen-bond acceptors (Lipinski definition) is 5. The number of benzene rings is 1. The van der Waals surface area contributed by atoms with Gasteiger partial charge in [0.2, 0.25) is 5.91 Å². The maximum Gasteiger partial charge on any atom is 0.233 e. The van der Waals surface area contributed by atoms with E-state index >= 15 is 0 Å². The summed E-state index contributed by atoms with van der Waals surface area (Å²) in [7, 11) is 5.31. The quantitative estimate of drug-likeness (QED) is 0.761. The summed E-state index contributed by atoms with van der Waals surface area (Å²) in [6, 6.07) is 7.70. The standard InChI is InChI=1S/C15H20N4O2S/c1-11-16-17-15(19(11)3)22-10-14(20)18(2)9-12-7-5-6-8-13(12)21-4/h5-8H,9-10H2,1-4H3. The number of rotatable bonds is 6. The highest BCUT2D eigenvalue weighted by Crippen LogP contribution is 2.20. The molecular weight excluding hydrogens is 300 g/mol. The fraction of sp³-hybridized carbons (Fsp3) is 0.400. The van der Waals surface area contributed by atoms with Crippen molar-refractivity contribution in [3.05, 3.63) is 35.7 Å². The molecule has 1 aromatic heterocycles. The van der Waals surface area contributed by atoms with E-state index in [4.69, 9.17) is 4.74 Å². The zero-order valence-electron chi connectivity index (χ0n) is 13.2. The molecule has 118 valence electrons. The van der Waals surface area contributed by atoms with Gasteiger partial charge in [0.25, 0.3) is 0 Å². The number of para-hydroxylation sites is 1. The third-order valence-corrected chi connectivity index (χ3v) is 4.41. The second-order valence-corrected chi connectivity index (χ2v) is 5.88. The van der Waals surface area contributed by atoms with Crippen LogP contribution in [0.15, 0.2) is 29.4 Å². The second-order valence-electron chi connectivity index (χ2n) is 4.94. The lowest BCUT2D eigenvalue weighted by atomic mass is 10.2. The smallest absolute Gasteiger partial charge is 0.233 e. The van der Waals surface area contributed by atoms with Crippen molar-refractivity contribution < 1.29 is 9.53 Å². The zero-order valence-corrected chi connectivity index (χ0v) is 14.1. The summed E-state index contributed by atoms with van der Waals surface area (Å²) >= 11 is 1.39. The number of ether oxygens (including phenoxy) is 1. The number of aryl methyl sites for hydroxylation is 1. The van der Waals surface area contributed by atoms with E-state index in [1.807, 2.05) is 42.8 Å². The molecule has 0 spiro atoms. The predicted molar refractivity (Wildman–Crippen MR) is 85.9 cm³/mol. The van der Waals surface area contributed by atoms with Gasteiger partial charge in [-0.1, -0.05) is 30.0 Å². The Hall–Kier alpha value is -2.02. The number of thioether (sulfide) groups is 1. The van der Waals surface area contributed by atoms with E-state index in [2.05, 4.69) is 10.2 Å². The van der Waals surface area contributed by atoms with Crippen LogP contribution in [-0.4, -0.2) is 45.5 Å². The molecule has 2 rings (SSSR count). The maximum atomic E-state index is 12.2. The highest BCUT2D eigenvalue weighted by atomic mass is 32.2. The first-order chi connectivity index (χ1) is 10.5. The Labute approximate surface area is 134 Å². The summed E-state index contributed by atoms with van der Waals surface area (Å²) < 4.78 is 7.18. The molecule has 0 aliphatic carbocycles. The van der Waals surface area contributed by atoms with Gasteiger partial charge in [0.15, 0.2) is 5.16 Å². The van der Waals surface area contributed by atoms with E-state index < -0.39 is 0 Å². The first-order valence-corrected chi connectivity index (χ1v) is 7.86. The summed E-state index contributed by atoms with van der Waals surface area (Å²) in [5.74, 6) is 1.99. The topological polar surface area (TPSA) is 60.2 Å². The third-order valence-electron chi connectivity index (χ3n) is 3.40. The minimum atomic E-state index is 0.0385. The van der Waals surface area contributed by atoms with E-state index in [-0.39, 0.29) is 5.91 Å². The van der Waals surface area contributed by atoms with Crippen molar-refractivity contribution in [2.24, 2.45) is 7.05 Å². The highest BCUT2D eigenvalue weighted by Gasteiger charge is 2.14. The Balaban J connectivity index is 1.93. The Kier molecular flexibility index (Phi) is 5.43. The molecular formula is C15H20N4O2S. The van der Waals surface area contributed by atoms with Crippen LogP contribution in [0.4, 0.5) is 0 Å². The zero-order chi connectivity index (χ0) is 16.1. The Morgan fingerprint density at radius 3 is 2.73 bits per heavy atom. The van der Waals surface area contributed by atoms with Crippen LogP contribution < -0.4 is 4.74 Å². The largest absolute Gasteiger partial charge is 0.496 e. The molecule has 0 aliphatic rings. The summed E-state index contributed by atoms with van der Waals surface area (Å²) in [5, 5.41) is 8.77. The van der Waals surface area contributed by atoms with Crippen molar-refractivity contribution in [1.29, 1.82) is 0 Å². The van der Waals surface area contributed by atoms with Crippen LogP contribution >= 0.6 is 11.8 Å². The lowest BCUT2D eigenvalue weighted by molar-refractivity contribution is -0.127. The minimum absolute atomic E-state index is 0.0385. The van der Waals surface area contributed by atoms with Crippen molar-refractivity contribution in [2.45, 2.75) is 18.6 Å². The normalized spacial score (nSPS) is 10.5. The highest BCUT2D eigenvalue weighted by molar-refractivity contribution is 7.99. The van der Waals surface area contributed by atoms with Crippen molar-refractivity contribution in [1.82, 2.24) is 19.7 Å². The minimum Gasteiger partial charge on any atom is -0.496 e. The Morgan fingerprint density at radius 1 is 1.36 bits per heavy atom. The molecule has 0 unspecified atom stereocenters. The lowest BCUT2D eigenvalue weighted by Crippen LogP contribution is -2.28. The first-order valence-electron chi connectivity index (χ1n) is 6.87. The monoisotopic (exact) mass is 320 g/mol. The Morgan fingerprint density at radius 2 is 2.09 bits per heavy atom. The number of amides is 1. The number of carbonyl (C=O) groups excluding carboxylic acids is 1. The number of carbonyl (C=O) groups is 1. The van der Waals surface area contributed by atoms with E-state index in [0.29, 0.717) is 12.3 Å². The third kappa shape index (κ3) is 3.79. The van der Waals surface area contributed by atoms with Gasteiger partial charge in [-0.2, -0.15) is 0 Å². The van der Waals surface area contributed by atoms with E-state index in [1.54, 1.807) is 19.1 Å². The van der Waals surface area contributed by atoms with Gasteiger partial charge in [-0.05, 0) is 13.0 Å². The Bertz CT molecular complexity index is 657. The fourth-order valence-corrected chi connectivity index (χ4v) is 2.82. The molecule has 1 aromatic carbocycles. The maximum absolute atomic E-state index is 12.2. The number of hydrogen-bond donors (Lipinski definition) is 0. The molecule has 1 heterocycles. The van der Waals surface area contributed by atoms with Gasteiger partial charge in [-0.25, -0.2) is 0 Å². The molecule has 1 amide bonds. The van der Waals surface area contributed by atoms with Crippen molar-refractivity contribution in [3.8, 4) is 5.75 Å². The van der Waals surface area contributed by atoms with E-state index in [0.717, 1.165) is 22.3 Å². The average molecular weight is 320 g/mol. The fourth-order valence-electron chi connectivity index (χ4n) is 1.93. The molecule has 0 N–H and O–H groups in total. The number of aromatic nitrogens is 3. The van der Waals surface area contributed by atoms with Gasteiger partial charge in [0.1, 0.15) is 11.6 Å².